The zero-order valence-electron chi connectivity index (χ0n) is 20.4. The Hall–Kier alpha value is -3.73. The molecule has 13 heteroatoms. The Bertz CT molecular complexity index is 1670. The highest BCUT2D eigenvalue weighted by Crippen LogP contribution is 2.38. The lowest BCUT2D eigenvalue weighted by Crippen LogP contribution is -2.06. The Labute approximate surface area is 233 Å². The van der Waals surface area contributed by atoms with Crippen molar-refractivity contribution in [3.63, 3.8) is 0 Å². The predicted octanol–water partition coefficient (Wildman–Crippen LogP) is 6.40. The van der Waals surface area contributed by atoms with Crippen molar-refractivity contribution < 1.29 is 31.9 Å². The van der Waals surface area contributed by atoms with Crippen LogP contribution in [0.4, 0.5) is 22.0 Å². The molecular weight excluding hydrogens is 571 g/mol. The number of carboxylic acid groups (broad SMARTS) is 1. The molecule has 0 aliphatic heterocycles. The van der Waals surface area contributed by atoms with Gasteiger partial charge in [0.15, 0.2) is 5.69 Å². The van der Waals surface area contributed by atoms with Crippen molar-refractivity contribution in [2.75, 3.05) is 0 Å². The Kier molecular flexibility index (Phi) is 7.67. The number of alkyl halides is 3. The van der Waals surface area contributed by atoms with Crippen LogP contribution in [-0.2, 0) is 12.8 Å². The molecule has 2 aromatic carbocycles. The van der Waals surface area contributed by atoms with Gasteiger partial charge in [0.25, 0.3) is 0 Å². The molecule has 206 valence electrons. The molecule has 5 rings (SSSR count). The van der Waals surface area contributed by atoms with Crippen molar-refractivity contribution in [1.29, 1.82) is 0 Å². The normalized spacial score (nSPS) is 13.2. The Balaban J connectivity index is 1.70. The van der Waals surface area contributed by atoms with Gasteiger partial charge >= 0.3 is 12.1 Å². The standard InChI is InChI=1S/C27H19F5N4O2S2/c28-19-5-4-17(12-16(19)7-8-27(30,31)32)24-18(9-15-3-6-23(40-33)20(29)10-15)22(11-14-1-2-14)36(35-24)26-34-21(13-39-26)25(37)38/h3-6,10,12-14H,1-2,9,11,33H2,(H,37,38). The number of nitrogens with zero attached hydrogens (tertiary/aromatic N) is 3. The average Bonchev–Trinajstić information content (AvgIpc) is 3.46. The summed E-state index contributed by atoms with van der Waals surface area (Å²) in [4.78, 5) is 15.9. The minimum atomic E-state index is -4.81. The van der Waals surface area contributed by atoms with Gasteiger partial charge in [-0.3, -0.25) is 5.14 Å². The molecule has 0 spiro atoms. The fraction of sp³-hybridized carbons (Fsp3) is 0.222. The van der Waals surface area contributed by atoms with Crippen LogP contribution in [0.3, 0.4) is 0 Å². The first-order chi connectivity index (χ1) is 19.0. The molecule has 1 fully saturated rings. The number of hydrogen-bond acceptors (Lipinski definition) is 6. The van der Waals surface area contributed by atoms with Crippen LogP contribution >= 0.6 is 23.3 Å². The molecule has 1 aliphatic rings. The van der Waals surface area contributed by atoms with Crippen LogP contribution in [0, 0.1) is 29.4 Å². The fourth-order valence-electron chi connectivity index (χ4n) is 4.19. The number of carbonyl (C=O) groups is 1. The molecule has 40 heavy (non-hydrogen) atoms. The predicted molar refractivity (Wildman–Crippen MR) is 140 cm³/mol. The Morgan fingerprint density at radius 2 is 1.95 bits per heavy atom. The van der Waals surface area contributed by atoms with Crippen LogP contribution in [0.1, 0.15) is 45.7 Å². The molecule has 3 N–H and O–H groups in total. The molecule has 2 aromatic heterocycles. The molecule has 0 unspecified atom stereocenters. The van der Waals surface area contributed by atoms with Crippen LogP contribution in [0.15, 0.2) is 46.7 Å². The van der Waals surface area contributed by atoms with Gasteiger partial charge in [-0.15, -0.1) is 11.3 Å². The van der Waals surface area contributed by atoms with E-state index in [1.165, 1.54) is 28.3 Å². The second kappa shape index (κ2) is 11.0. The van der Waals surface area contributed by atoms with E-state index in [4.69, 9.17) is 10.2 Å². The minimum absolute atomic E-state index is 0.167. The van der Waals surface area contributed by atoms with Gasteiger partial charge in [-0.2, -0.15) is 18.3 Å². The maximum Gasteiger partial charge on any atom is 0.458 e. The van der Waals surface area contributed by atoms with E-state index in [-0.39, 0.29) is 22.1 Å². The van der Waals surface area contributed by atoms with Gasteiger partial charge in [0.2, 0.25) is 5.13 Å². The zero-order valence-corrected chi connectivity index (χ0v) is 22.1. The SMILES string of the molecule is NSc1ccc(Cc2c(-c3ccc(F)c(C#CC(F)(F)F)c3)nn(-c3nc(C(=O)O)cs3)c2CC2CC2)cc1F. The van der Waals surface area contributed by atoms with E-state index >= 15 is 0 Å². The molecule has 4 aromatic rings. The van der Waals surface area contributed by atoms with E-state index in [9.17, 15) is 31.9 Å². The third kappa shape index (κ3) is 6.19. The van der Waals surface area contributed by atoms with Crippen LogP contribution in [-0.4, -0.2) is 32.0 Å². The third-order valence-corrected chi connectivity index (χ3v) is 7.65. The van der Waals surface area contributed by atoms with E-state index in [0.717, 1.165) is 48.1 Å². The molecule has 0 bridgehead atoms. The zero-order chi connectivity index (χ0) is 28.6. The molecule has 1 aliphatic carbocycles. The molecule has 0 saturated heterocycles. The lowest BCUT2D eigenvalue weighted by Gasteiger charge is -2.10. The maximum absolute atomic E-state index is 14.6. The van der Waals surface area contributed by atoms with Gasteiger partial charge < -0.3 is 5.11 Å². The third-order valence-electron chi connectivity index (χ3n) is 6.24. The quantitative estimate of drug-likeness (QED) is 0.140. The first-order valence-corrected chi connectivity index (χ1v) is 13.6. The van der Waals surface area contributed by atoms with Crippen LogP contribution in [0.25, 0.3) is 16.4 Å². The summed E-state index contributed by atoms with van der Waals surface area (Å²) < 4.78 is 68.7. The second-order valence-electron chi connectivity index (χ2n) is 9.16. The van der Waals surface area contributed by atoms with E-state index in [1.807, 2.05) is 5.92 Å². The van der Waals surface area contributed by atoms with Crippen molar-refractivity contribution >= 4 is 29.3 Å². The summed E-state index contributed by atoms with van der Waals surface area (Å²) in [5.74, 6) is 0.617. The number of nitrogens with two attached hydrogens (primary N) is 1. The van der Waals surface area contributed by atoms with Crippen LogP contribution in [0.2, 0.25) is 0 Å². The van der Waals surface area contributed by atoms with Crippen molar-refractivity contribution in [2.45, 2.75) is 36.8 Å². The molecule has 0 amide bonds. The average molecular weight is 591 g/mol. The minimum Gasteiger partial charge on any atom is -0.476 e. The Morgan fingerprint density at radius 3 is 2.58 bits per heavy atom. The van der Waals surface area contributed by atoms with Gasteiger partial charge in [0.05, 0.1) is 21.8 Å². The van der Waals surface area contributed by atoms with Crippen LogP contribution in [0.5, 0.6) is 0 Å². The second-order valence-corrected chi connectivity index (χ2v) is 10.7. The first-order valence-electron chi connectivity index (χ1n) is 11.9. The highest BCUT2D eigenvalue weighted by Gasteiger charge is 2.30. The van der Waals surface area contributed by atoms with E-state index in [2.05, 4.69) is 4.98 Å². The van der Waals surface area contributed by atoms with Gasteiger partial charge in [-0.1, -0.05) is 12.0 Å². The van der Waals surface area contributed by atoms with Crippen molar-refractivity contribution in [3.05, 3.63) is 81.5 Å². The van der Waals surface area contributed by atoms with E-state index < -0.39 is 29.3 Å². The van der Waals surface area contributed by atoms with E-state index in [1.54, 1.807) is 12.1 Å². The fourth-order valence-corrected chi connectivity index (χ4v) is 5.28. The van der Waals surface area contributed by atoms with E-state index in [0.29, 0.717) is 40.4 Å². The summed E-state index contributed by atoms with van der Waals surface area (Å²) >= 11 is 1.84. The van der Waals surface area contributed by atoms with Crippen molar-refractivity contribution in [2.24, 2.45) is 11.1 Å². The summed E-state index contributed by atoms with van der Waals surface area (Å²) in [5, 5.41) is 21.2. The van der Waals surface area contributed by atoms with Gasteiger partial charge in [-0.25, -0.2) is 23.2 Å². The Morgan fingerprint density at radius 1 is 1.18 bits per heavy atom. The van der Waals surface area contributed by atoms with Gasteiger partial charge in [0.1, 0.15) is 11.6 Å². The number of halogens is 5. The largest absolute Gasteiger partial charge is 0.476 e. The summed E-state index contributed by atoms with van der Waals surface area (Å²) in [5.41, 5.74) is 1.90. The monoisotopic (exact) mass is 590 g/mol. The van der Waals surface area contributed by atoms with Crippen molar-refractivity contribution in [1.82, 2.24) is 14.8 Å². The number of hydrogen-bond donors (Lipinski definition) is 2. The van der Waals surface area contributed by atoms with Crippen LogP contribution < -0.4 is 5.14 Å². The maximum atomic E-state index is 14.6. The molecule has 0 radical (unpaired) electrons. The lowest BCUT2D eigenvalue weighted by atomic mass is 9.96. The molecule has 6 nitrogen and oxygen atoms in total. The lowest BCUT2D eigenvalue weighted by molar-refractivity contribution is -0.0696. The topological polar surface area (TPSA) is 94.0 Å². The highest BCUT2D eigenvalue weighted by atomic mass is 32.2. The number of aromatic carboxylic acids is 1. The number of aromatic nitrogens is 3. The summed E-state index contributed by atoms with van der Waals surface area (Å²) in [6.07, 6.45) is -2.11. The summed E-state index contributed by atoms with van der Waals surface area (Å²) in [6.45, 7) is 0. The number of carboxylic acids is 1. The smallest absolute Gasteiger partial charge is 0.458 e. The van der Waals surface area contributed by atoms with Crippen molar-refractivity contribution in [3.8, 4) is 28.2 Å². The van der Waals surface area contributed by atoms with Gasteiger partial charge in [0, 0.05) is 28.8 Å². The summed E-state index contributed by atoms with van der Waals surface area (Å²) in [7, 11) is 0. The molecule has 0 atom stereocenters. The molecule has 1 saturated carbocycles. The molecule has 2 heterocycles. The van der Waals surface area contributed by atoms with Gasteiger partial charge in [-0.05, 0) is 73.0 Å². The summed E-state index contributed by atoms with van der Waals surface area (Å²) in [6, 6.07) is 8.17. The first kappa shape index (κ1) is 27.8. The molecular formula is C27H19F5N4O2S2. The number of benzene rings is 2. The number of thiazole rings is 1. The highest BCUT2D eigenvalue weighted by molar-refractivity contribution is 7.97. The number of rotatable bonds is 8.